The zero-order chi connectivity index (χ0) is 22.7. The van der Waals surface area contributed by atoms with Gasteiger partial charge in [0, 0.05) is 30.1 Å². The molecule has 12 atom stereocenters. The summed E-state index contributed by atoms with van der Waals surface area (Å²) in [7, 11) is 0. The summed E-state index contributed by atoms with van der Waals surface area (Å²) in [6, 6.07) is 0. The maximum Gasteiger partial charge on any atom is 0.171 e. The summed E-state index contributed by atoms with van der Waals surface area (Å²) in [4.78, 5) is 14.2. The van der Waals surface area contributed by atoms with Crippen LogP contribution in [0.5, 0.6) is 0 Å². The van der Waals surface area contributed by atoms with Gasteiger partial charge in [0.15, 0.2) is 5.79 Å². The van der Waals surface area contributed by atoms with Crippen molar-refractivity contribution < 1.29 is 14.3 Å². The molecule has 0 aromatic rings. The van der Waals surface area contributed by atoms with E-state index in [1.807, 2.05) is 0 Å². The summed E-state index contributed by atoms with van der Waals surface area (Å²) in [6.45, 7) is 15.4. The summed E-state index contributed by atoms with van der Waals surface area (Å²) in [5.74, 6) is 4.03. The second-order valence-corrected chi connectivity index (χ2v) is 14.1. The molecule has 4 saturated carbocycles. The van der Waals surface area contributed by atoms with E-state index in [-0.39, 0.29) is 11.5 Å². The van der Waals surface area contributed by atoms with Crippen LogP contribution in [0.3, 0.4) is 0 Å². The van der Waals surface area contributed by atoms with Gasteiger partial charge in [-0.2, -0.15) is 0 Å². The average Bonchev–Trinajstić information content (AvgIpc) is 3.18. The minimum atomic E-state index is -0.427. The molecule has 2 heterocycles. The second kappa shape index (κ2) is 6.84. The van der Waals surface area contributed by atoms with E-state index in [4.69, 9.17) is 9.47 Å². The Morgan fingerprint density at radius 3 is 2.38 bits per heavy atom. The fraction of sp³-hybridized carbons (Fsp3) is 0.966. The van der Waals surface area contributed by atoms with Gasteiger partial charge in [-0.15, -0.1) is 0 Å². The Kier molecular flexibility index (Phi) is 4.72. The number of ether oxygens (including phenoxy) is 2. The Labute approximate surface area is 195 Å². The Morgan fingerprint density at radius 1 is 0.906 bits per heavy atom. The van der Waals surface area contributed by atoms with Crippen LogP contribution in [0, 0.1) is 57.7 Å². The Hall–Kier alpha value is -0.410. The number of hydrogen-bond donors (Lipinski definition) is 0. The molecule has 6 fully saturated rings. The van der Waals surface area contributed by atoms with Gasteiger partial charge in [-0.1, -0.05) is 48.0 Å². The lowest BCUT2D eigenvalue weighted by atomic mass is 9.39. The van der Waals surface area contributed by atoms with Crippen molar-refractivity contribution in [3.63, 3.8) is 0 Å². The minimum Gasteiger partial charge on any atom is -0.349 e. The first-order valence-electron chi connectivity index (χ1n) is 13.9. The van der Waals surface area contributed by atoms with Gasteiger partial charge in [0.25, 0.3) is 0 Å². The number of ketones is 1. The highest BCUT2D eigenvalue weighted by Crippen LogP contribution is 2.72. The first-order chi connectivity index (χ1) is 15.0. The second-order valence-electron chi connectivity index (χ2n) is 14.1. The molecule has 0 aromatic heterocycles. The molecule has 2 saturated heterocycles. The van der Waals surface area contributed by atoms with Gasteiger partial charge in [0.2, 0.25) is 0 Å². The third-order valence-corrected chi connectivity index (χ3v) is 12.8. The van der Waals surface area contributed by atoms with Crippen molar-refractivity contribution in [2.45, 2.75) is 111 Å². The highest BCUT2D eigenvalue weighted by atomic mass is 16.7. The zero-order valence-corrected chi connectivity index (χ0v) is 21.4. The van der Waals surface area contributed by atoms with E-state index in [2.05, 4.69) is 41.5 Å². The lowest BCUT2D eigenvalue weighted by Gasteiger charge is -2.65. The van der Waals surface area contributed by atoms with Crippen LogP contribution >= 0.6 is 0 Å². The molecule has 0 aromatic carbocycles. The third kappa shape index (κ3) is 2.59. The first-order valence-corrected chi connectivity index (χ1v) is 13.9. The fourth-order valence-corrected chi connectivity index (χ4v) is 10.6. The van der Waals surface area contributed by atoms with Crippen molar-refractivity contribution in [2.24, 2.45) is 57.7 Å². The standard InChI is InChI=1S/C29H46O3/c1-17-7-11-27(5)21-14-24(30)28(6)22(20(21)9-10-26(27,4)15-17)13-23-25(28)19(3)29(32-23)12-8-18(2)16-31-29/h17-23,25H,7-16H2,1-6H3/t17?,18-,19+,20-,21+,22+,23+,25+,26+,27-,28-,29-/m1/s1. The quantitative estimate of drug-likeness (QED) is 0.422. The highest BCUT2D eigenvalue weighted by Gasteiger charge is 2.72. The smallest absolute Gasteiger partial charge is 0.171 e. The van der Waals surface area contributed by atoms with E-state index in [9.17, 15) is 4.79 Å². The summed E-state index contributed by atoms with van der Waals surface area (Å²) >= 11 is 0. The number of Topliss-reactive ketones (excluding diaryl/α,β-unsaturated/α-hetero) is 1. The Bertz CT molecular complexity index is 798. The molecule has 6 rings (SSSR count). The maximum atomic E-state index is 14.2. The van der Waals surface area contributed by atoms with Crippen molar-refractivity contribution in [3.8, 4) is 0 Å². The topological polar surface area (TPSA) is 35.5 Å². The Morgan fingerprint density at radius 2 is 1.66 bits per heavy atom. The van der Waals surface area contributed by atoms with E-state index in [1.54, 1.807) is 0 Å². The summed E-state index contributed by atoms with van der Waals surface area (Å²) in [6.07, 6.45) is 11.0. The van der Waals surface area contributed by atoms with E-state index in [0.717, 1.165) is 31.8 Å². The Balaban J connectivity index is 1.32. The predicted octanol–water partition coefficient (Wildman–Crippen LogP) is 6.64. The SMILES string of the molecule is CC1CC[C@]2(C)[C@H]3CC(=O)[C@]4(C)[C@@H]5[C@H](C[C@H]4[C@@H]3CC[C@@]2(C)C1)O[C@]1(CC[C@@H](C)CO1)[C@H]5C. The van der Waals surface area contributed by atoms with Crippen LogP contribution in [-0.4, -0.2) is 24.3 Å². The predicted molar refractivity (Wildman–Crippen MR) is 126 cm³/mol. The van der Waals surface area contributed by atoms with Crippen LogP contribution < -0.4 is 0 Å². The summed E-state index contributed by atoms with van der Waals surface area (Å²) in [5.41, 5.74) is 0.523. The molecule has 0 radical (unpaired) electrons. The first kappa shape index (κ1) is 22.1. The van der Waals surface area contributed by atoms with E-state index in [0.29, 0.717) is 52.1 Å². The molecule has 3 nitrogen and oxygen atoms in total. The van der Waals surface area contributed by atoms with Gasteiger partial charge in [-0.05, 0) is 78.9 Å². The van der Waals surface area contributed by atoms with Gasteiger partial charge < -0.3 is 9.47 Å². The van der Waals surface area contributed by atoms with Crippen LogP contribution in [0.25, 0.3) is 0 Å². The lowest BCUT2D eigenvalue weighted by Crippen LogP contribution is -2.60. The van der Waals surface area contributed by atoms with E-state index in [1.165, 1.54) is 38.5 Å². The summed E-state index contributed by atoms with van der Waals surface area (Å²) < 4.78 is 13.3. The normalized spacial score (nSPS) is 61.8. The van der Waals surface area contributed by atoms with Crippen molar-refractivity contribution >= 4 is 5.78 Å². The van der Waals surface area contributed by atoms with Crippen molar-refractivity contribution in [1.29, 1.82) is 0 Å². The number of hydrogen-bond acceptors (Lipinski definition) is 3. The maximum absolute atomic E-state index is 14.2. The molecule has 1 spiro atoms. The van der Waals surface area contributed by atoms with Crippen LogP contribution in [0.2, 0.25) is 0 Å². The molecule has 180 valence electrons. The van der Waals surface area contributed by atoms with Gasteiger partial charge in [-0.3, -0.25) is 4.79 Å². The molecule has 1 unspecified atom stereocenters. The van der Waals surface area contributed by atoms with Crippen LogP contribution in [-0.2, 0) is 14.3 Å². The van der Waals surface area contributed by atoms with Gasteiger partial charge in [0.05, 0.1) is 12.7 Å². The molecule has 6 aliphatic rings. The molecule has 0 N–H and O–H groups in total. The third-order valence-electron chi connectivity index (χ3n) is 12.8. The van der Waals surface area contributed by atoms with Crippen molar-refractivity contribution in [1.82, 2.24) is 0 Å². The summed E-state index contributed by atoms with van der Waals surface area (Å²) in [5, 5.41) is 0. The van der Waals surface area contributed by atoms with Crippen molar-refractivity contribution in [2.75, 3.05) is 6.61 Å². The van der Waals surface area contributed by atoms with Gasteiger partial charge in [0.1, 0.15) is 5.78 Å². The molecule has 32 heavy (non-hydrogen) atoms. The molecule has 0 bridgehead atoms. The van der Waals surface area contributed by atoms with Crippen LogP contribution in [0.15, 0.2) is 0 Å². The lowest BCUT2D eigenvalue weighted by molar-refractivity contribution is -0.272. The van der Waals surface area contributed by atoms with E-state index >= 15 is 0 Å². The number of fused-ring (bicyclic) bond motifs is 7. The van der Waals surface area contributed by atoms with Crippen LogP contribution in [0.1, 0.15) is 99.3 Å². The number of carbonyl (C=O) groups is 1. The van der Waals surface area contributed by atoms with Crippen LogP contribution in [0.4, 0.5) is 0 Å². The fourth-order valence-electron chi connectivity index (χ4n) is 10.6. The van der Waals surface area contributed by atoms with Crippen molar-refractivity contribution in [3.05, 3.63) is 0 Å². The molecular weight excluding hydrogens is 396 g/mol. The minimum absolute atomic E-state index is 0.212. The zero-order valence-electron chi connectivity index (χ0n) is 21.4. The number of rotatable bonds is 0. The molecular formula is C29H46O3. The largest absolute Gasteiger partial charge is 0.349 e. The average molecular weight is 443 g/mol. The highest BCUT2D eigenvalue weighted by molar-refractivity contribution is 5.87. The molecule has 2 aliphatic heterocycles. The molecule has 4 aliphatic carbocycles. The molecule has 0 amide bonds. The van der Waals surface area contributed by atoms with Gasteiger partial charge in [-0.25, -0.2) is 0 Å². The number of carbonyl (C=O) groups excluding carboxylic acids is 1. The van der Waals surface area contributed by atoms with Gasteiger partial charge >= 0.3 is 0 Å². The molecule has 3 heteroatoms. The monoisotopic (exact) mass is 442 g/mol. The van der Waals surface area contributed by atoms with E-state index < -0.39 is 5.79 Å².